The highest BCUT2D eigenvalue weighted by Gasteiger charge is 2.13. The van der Waals surface area contributed by atoms with E-state index in [-0.39, 0.29) is 30.0 Å². The normalized spacial score (nSPS) is 11.1. The van der Waals surface area contributed by atoms with Crippen LogP contribution in [0.3, 0.4) is 0 Å². The van der Waals surface area contributed by atoms with E-state index in [1.807, 2.05) is 0 Å². The van der Waals surface area contributed by atoms with E-state index in [4.69, 9.17) is 22.7 Å². The first-order chi connectivity index (χ1) is 9.00. The summed E-state index contributed by atoms with van der Waals surface area (Å²) in [5, 5.41) is 0. The van der Waals surface area contributed by atoms with Gasteiger partial charge >= 0.3 is 0 Å². The summed E-state index contributed by atoms with van der Waals surface area (Å²) >= 11 is 5.03. The van der Waals surface area contributed by atoms with Gasteiger partial charge < -0.3 is 20.0 Å². The van der Waals surface area contributed by atoms with Crippen molar-refractivity contribution in [1.82, 2.24) is 9.55 Å². The van der Waals surface area contributed by atoms with Crippen LogP contribution >= 0.6 is 12.2 Å². The molecule has 0 saturated heterocycles. The summed E-state index contributed by atoms with van der Waals surface area (Å²) < 4.78 is 33.5. The van der Waals surface area contributed by atoms with Crippen LogP contribution in [0.2, 0.25) is 0 Å². The van der Waals surface area contributed by atoms with E-state index in [1.165, 1.54) is 10.6 Å². The van der Waals surface area contributed by atoms with Gasteiger partial charge in [0.1, 0.15) is 12.1 Å². The van der Waals surface area contributed by atoms with Gasteiger partial charge in [0.05, 0.1) is 12.1 Å². The molecule has 0 unspecified atom stereocenters. The molecule has 0 aliphatic carbocycles. The Labute approximate surface area is 112 Å². The van der Waals surface area contributed by atoms with Crippen LogP contribution < -0.4 is 5.73 Å². The fraction of sp³-hybridized carbons (Fsp3) is 0.273. The Hall–Kier alpha value is -1.80. The van der Waals surface area contributed by atoms with Crippen molar-refractivity contribution in [3.05, 3.63) is 28.5 Å². The number of nitrogens with one attached hydrogen (secondary N) is 1. The van der Waals surface area contributed by atoms with Crippen LogP contribution in [0.25, 0.3) is 11.0 Å². The van der Waals surface area contributed by atoms with Crippen LogP contribution in [-0.4, -0.2) is 28.7 Å². The van der Waals surface area contributed by atoms with Crippen LogP contribution in [0.4, 0.5) is 8.78 Å². The molecular formula is C11H11F2N3O2S. The van der Waals surface area contributed by atoms with Crippen molar-refractivity contribution in [2.24, 2.45) is 5.73 Å². The van der Waals surface area contributed by atoms with Crippen molar-refractivity contribution < 1.29 is 18.3 Å². The first-order valence-corrected chi connectivity index (χ1v) is 5.84. The minimum atomic E-state index is -0.972. The van der Waals surface area contributed by atoms with Gasteiger partial charge in [-0.05, 0) is 24.4 Å². The summed E-state index contributed by atoms with van der Waals surface area (Å²) in [4.78, 5) is 13.3. The van der Waals surface area contributed by atoms with Gasteiger partial charge in [-0.15, -0.1) is 0 Å². The molecule has 1 heterocycles. The van der Waals surface area contributed by atoms with E-state index in [2.05, 4.69) is 4.98 Å². The number of hydrogen-bond donors (Lipinski definition) is 2. The molecule has 1 aromatic heterocycles. The first-order valence-electron chi connectivity index (χ1n) is 5.43. The van der Waals surface area contributed by atoms with Gasteiger partial charge in [-0.1, -0.05) is 0 Å². The van der Waals surface area contributed by atoms with Crippen molar-refractivity contribution in [1.29, 1.82) is 0 Å². The average molecular weight is 287 g/mol. The predicted molar refractivity (Wildman–Crippen MR) is 67.1 cm³/mol. The Balaban J connectivity index is 2.27. The summed E-state index contributed by atoms with van der Waals surface area (Å²) in [5.74, 6) is -2.52. The number of primary amides is 1. The third-order valence-electron chi connectivity index (χ3n) is 2.53. The number of hydrogen-bond acceptors (Lipinski definition) is 3. The van der Waals surface area contributed by atoms with Gasteiger partial charge in [-0.3, -0.25) is 4.79 Å². The molecule has 2 rings (SSSR count). The molecule has 0 spiro atoms. The Bertz CT molecular complexity index is 680. The number of carbonyl (C=O) groups excluding carboxylic acids is 1. The molecule has 1 aromatic carbocycles. The van der Waals surface area contributed by atoms with E-state index in [9.17, 15) is 13.6 Å². The number of rotatable bonds is 5. The lowest BCUT2D eigenvalue weighted by Crippen LogP contribution is -2.19. The summed E-state index contributed by atoms with van der Waals surface area (Å²) in [6.45, 7) is 0.0686. The second-order valence-electron chi connectivity index (χ2n) is 3.86. The predicted octanol–water partition coefficient (Wildman–Crippen LogP) is 1.48. The lowest BCUT2D eigenvalue weighted by Gasteiger charge is -2.05. The number of aromatic amines is 1. The maximum atomic E-state index is 13.7. The van der Waals surface area contributed by atoms with Gasteiger partial charge in [0.25, 0.3) is 0 Å². The van der Waals surface area contributed by atoms with Gasteiger partial charge in [0, 0.05) is 6.54 Å². The fourth-order valence-corrected chi connectivity index (χ4v) is 2.02. The number of benzene rings is 1. The first kappa shape index (κ1) is 13.6. The van der Waals surface area contributed by atoms with Crippen molar-refractivity contribution in [2.45, 2.75) is 6.54 Å². The van der Waals surface area contributed by atoms with Gasteiger partial charge in [-0.2, -0.15) is 0 Å². The molecular weight excluding hydrogens is 276 g/mol. The van der Waals surface area contributed by atoms with Gasteiger partial charge in [0.15, 0.2) is 16.4 Å². The Morgan fingerprint density at radius 3 is 2.89 bits per heavy atom. The number of nitrogens with two attached hydrogens (primary N) is 1. The monoisotopic (exact) mass is 287 g/mol. The van der Waals surface area contributed by atoms with Crippen molar-refractivity contribution in [3.8, 4) is 0 Å². The number of carbonyl (C=O) groups is 1. The number of ether oxygens (including phenoxy) is 1. The van der Waals surface area contributed by atoms with Crippen LogP contribution in [0.15, 0.2) is 12.1 Å². The number of aromatic nitrogens is 2. The molecule has 0 aliphatic heterocycles. The zero-order valence-corrected chi connectivity index (χ0v) is 10.6. The minimum Gasteiger partial charge on any atom is -0.370 e. The molecule has 3 N–H and O–H groups in total. The zero-order chi connectivity index (χ0) is 14.0. The van der Waals surface area contributed by atoms with E-state index in [0.717, 1.165) is 6.07 Å². The number of imidazole rings is 1. The smallest absolute Gasteiger partial charge is 0.243 e. The van der Waals surface area contributed by atoms with Gasteiger partial charge in [0.2, 0.25) is 5.91 Å². The molecule has 2 aromatic rings. The lowest BCUT2D eigenvalue weighted by molar-refractivity contribution is -0.122. The molecule has 0 radical (unpaired) electrons. The fourth-order valence-electron chi connectivity index (χ4n) is 1.73. The second kappa shape index (κ2) is 5.45. The van der Waals surface area contributed by atoms with Gasteiger partial charge in [-0.25, -0.2) is 8.78 Å². The molecule has 5 nitrogen and oxygen atoms in total. The molecule has 0 aliphatic rings. The molecule has 8 heteroatoms. The van der Waals surface area contributed by atoms with Crippen LogP contribution in [0.1, 0.15) is 0 Å². The highest BCUT2D eigenvalue weighted by atomic mass is 32.1. The SMILES string of the molecule is NC(=O)COCCn1c(=S)[nH]c2ccc(F)c(F)c21. The highest BCUT2D eigenvalue weighted by molar-refractivity contribution is 7.71. The maximum Gasteiger partial charge on any atom is 0.243 e. The third-order valence-corrected chi connectivity index (χ3v) is 2.85. The van der Waals surface area contributed by atoms with Crippen LogP contribution in [0, 0.1) is 16.4 Å². The summed E-state index contributed by atoms with van der Waals surface area (Å²) in [6, 6.07) is 2.43. The quantitative estimate of drug-likeness (QED) is 0.646. The van der Waals surface area contributed by atoms with E-state index >= 15 is 0 Å². The Morgan fingerprint density at radius 1 is 1.47 bits per heavy atom. The maximum absolute atomic E-state index is 13.7. The van der Waals surface area contributed by atoms with Crippen molar-refractivity contribution in [2.75, 3.05) is 13.2 Å². The van der Waals surface area contributed by atoms with E-state index in [0.29, 0.717) is 5.52 Å². The number of amides is 1. The van der Waals surface area contributed by atoms with Crippen LogP contribution in [0.5, 0.6) is 0 Å². The molecule has 0 fully saturated rings. The molecule has 0 bridgehead atoms. The standard InChI is InChI=1S/C11H11F2N3O2S/c12-6-1-2-7-10(9(6)13)16(11(19)15-7)3-4-18-5-8(14)17/h1-2H,3-5H2,(H2,14,17)(H,15,19). The van der Waals surface area contributed by atoms with Crippen molar-refractivity contribution >= 4 is 29.2 Å². The largest absolute Gasteiger partial charge is 0.370 e. The lowest BCUT2D eigenvalue weighted by atomic mass is 10.3. The number of fused-ring (bicyclic) bond motifs is 1. The summed E-state index contributed by atoms with van der Waals surface area (Å²) in [6.07, 6.45) is 0. The summed E-state index contributed by atoms with van der Waals surface area (Å²) in [7, 11) is 0. The molecule has 0 saturated carbocycles. The molecule has 0 atom stereocenters. The Morgan fingerprint density at radius 2 is 2.21 bits per heavy atom. The molecule has 102 valence electrons. The van der Waals surface area contributed by atoms with Crippen LogP contribution in [-0.2, 0) is 16.1 Å². The van der Waals surface area contributed by atoms with E-state index < -0.39 is 17.5 Å². The molecule has 1 amide bonds. The topological polar surface area (TPSA) is 73.0 Å². The minimum absolute atomic E-state index is 0.0488. The molecule has 19 heavy (non-hydrogen) atoms. The zero-order valence-electron chi connectivity index (χ0n) is 9.78. The summed E-state index contributed by atoms with van der Waals surface area (Å²) in [5.41, 5.74) is 5.36. The third kappa shape index (κ3) is 2.79. The van der Waals surface area contributed by atoms with Crippen molar-refractivity contribution in [3.63, 3.8) is 0 Å². The number of halogens is 2. The Kier molecular flexibility index (Phi) is 3.91. The number of H-pyrrole nitrogens is 1. The second-order valence-corrected chi connectivity index (χ2v) is 4.24. The van der Waals surface area contributed by atoms with E-state index in [1.54, 1.807) is 0 Å². The average Bonchev–Trinajstić information content (AvgIpc) is 2.66. The number of nitrogens with zero attached hydrogens (tertiary/aromatic N) is 1. The highest BCUT2D eigenvalue weighted by Crippen LogP contribution is 2.20.